The third-order valence-corrected chi connectivity index (χ3v) is 2.21. The van der Waals surface area contributed by atoms with Gasteiger partial charge in [-0.15, -0.1) is 13.2 Å². The highest BCUT2D eigenvalue weighted by Gasteiger charge is 1.97. The lowest BCUT2D eigenvalue weighted by Crippen LogP contribution is -2.11. The molecule has 0 unspecified atom stereocenters. The van der Waals surface area contributed by atoms with Crippen LogP contribution in [0.15, 0.2) is 34.4 Å². The summed E-state index contributed by atoms with van der Waals surface area (Å²) in [7, 11) is 0. The van der Waals surface area contributed by atoms with E-state index in [0.29, 0.717) is 16.5 Å². The first-order chi connectivity index (χ1) is 8.65. The van der Waals surface area contributed by atoms with Gasteiger partial charge in [0.15, 0.2) is 18.3 Å². The zero-order valence-corrected chi connectivity index (χ0v) is 12.7. The summed E-state index contributed by atoms with van der Waals surface area (Å²) in [4.78, 5) is 9.96. The lowest BCUT2D eigenvalue weighted by molar-refractivity contribution is -0.123. The highest BCUT2D eigenvalue weighted by molar-refractivity contribution is 9.10. The fourth-order valence-electron chi connectivity index (χ4n) is 0.907. The molecule has 0 saturated heterocycles. The van der Waals surface area contributed by atoms with Crippen molar-refractivity contribution in [2.45, 2.75) is 27.1 Å². The van der Waals surface area contributed by atoms with Gasteiger partial charge < -0.3 is 13.9 Å². The summed E-state index contributed by atoms with van der Waals surface area (Å²) in [6, 6.07) is 1.67. The van der Waals surface area contributed by atoms with Crippen molar-refractivity contribution >= 4 is 22.2 Å². The first-order valence-electron chi connectivity index (χ1n) is 5.57. The first-order valence-corrected chi connectivity index (χ1v) is 6.36. The van der Waals surface area contributed by atoms with Crippen LogP contribution >= 0.6 is 15.9 Å². The van der Waals surface area contributed by atoms with E-state index in [0.717, 1.165) is 13.2 Å². The summed E-state index contributed by atoms with van der Waals surface area (Å²) in [5, 5.41) is 0. The molecule has 1 rings (SSSR count). The number of halogens is 1. The zero-order chi connectivity index (χ0) is 14.4. The van der Waals surface area contributed by atoms with E-state index >= 15 is 0 Å². The lowest BCUT2D eigenvalue weighted by atomic mass is 10.5. The van der Waals surface area contributed by atoms with E-state index in [9.17, 15) is 4.79 Å². The summed E-state index contributed by atoms with van der Waals surface area (Å²) in [6.45, 7) is 13.3. The van der Waals surface area contributed by atoms with Gasteiger partial charge in [0.25, 0.3) is 0 Å². The van der Waals surface area contributed by atoms with Crippen LogP contribution in [0, 0.1) is 0 Å². The van der Waals surface area contributed by atoms with Gasteiger partial charge in [0.2, 0.25) is 0 Å². The second-order valence-electron chi connectivity index (χ2n) is 2.73. The van der Waals surface area contributed by atoms with Crippen molar-refractivity contribution in [3.8, 4) is 0 Å². The summed E-state index contributed by atoms with van der Waals surface area (Å²) in [5.41, 5.74) is 0. The van der Waals surface area contributed by atoms with E-state index in [4.69, 9.17) is 13.9 Å². The predicted octanol–water partition coefficient (Wildman–Crippen LogP) is 4.06. The number of ether oxygens (including phenoxy) is 2. The van der Waals surface area contributed by atoms with E-state index in [-0.39, 0.29) is 6.29 Å². The number of carbonyl (C=O) groups is 1. The minimum absolute atomic E-state index is 0.0370. The topological polar surface area (TPSA) is 48.7 Å². The Morgan fingerprint density at radius 3 is 2.11 bits per heavy atom. The maximum Gasteiger partial charge on any atom is 0.186 e. The van der Waals surface area contributed by atoms with Crippen molar-refractivity contribution < 1.29 is 18.7 Å². The molecule has 1 aromatic rings. The molecule has 5 heteroatoms. The molecule has 18 heavy (non-hydrogen) atoms. The molecule has 0 amide bonds. The Balaban J connectivity index is 0. The maximum atomic E-state index is 9.96. The number of aldehydes is 1. The van der Waals surface area contributed by atoms with Crippen LogP contribution in [-0.4, -0.2) is 25.8 Å². The molecule has 0 fully saturated rings. The summed E-state index contributed by atoms with van der Waals surface area (Å²) in [6.07, 6.45) is 2.07. The molecule has 0 aliphatic carbocycles. The largest absolute Gasteiger partial charge is 0.460 e. The second-order valence-corrected chi connectivity index (χ2v) is 3.58. The van der Waals surface area contributed by atoms with E-state index in [1.165, 1.54) is 6.26 Å². The highest BCUT2D eigenvalue weighted by atomic mass is 79.9. The van der Waals surface area contributed by atoms with Gasteiger partial charge in [-0.05, 0) is 42.8 Å². The van der Waals surface area contributed by atoms with Crippen LogP contribution in [0.2, 0.25) is 0 Å². The van der Waals surface area contributed by atoms with Crippen molar-refractivity contribution in [2.24, 2.45) is 0 Å². The molecule has 0 saturated carbocycles. The Morgan fingerprint density at radius 2 is 1.89 bits per heavy atom. The maximum absolute atomic E-state index is 9.96. The molecule has 0 bridgehead atoms. The van der Waals surface area contributed by atoms with Crippen LogP contribution < -0.4 is 0 Å². The molecule has 0 aromatic carbocycles. The van der Waals surface area contributed by atoms with Crippen LogP contribution in [-0.2, 0) is 9.47 Å². The Kier molecular flexibility index (Phi) is 15.3. The van der Waals surface area contributed by atoms with Gasteiger partial charge in [-0.1, -0.05) is 0 Å². The molecule has 4 nitrogen and oxygen atoms in total. The Morgan fingerprint density at radius 1 is 1.39 bits per heavy atom. The SMILES string of the molecule is C=C.CCOC(C)OCC.O=Cc1occc1Br. The fourth-order valence-corrected chi connectivity index (χ4v) is 1.20. The van der Waals surface area contributed by atoms with Gasteiger partial charge in [0.05, 0.1) is 10.7 Å². The quantitative estimate of drug-likeness (QED) is 0.466. The van der Waals surface area contributed by atoms with Crippen molar-refractivity contribution in [3.05, 3.63) is 35.7 Å². The van der Waals surface area contributed by atoms with E-state index in [1.54, 1.807) is 6.07 Å². The van der Waals surface area contributed by atoms with E-state index in [2.05, 4.69) is 29.1 Å². The predicted molar refractivity (Wildman–Crippen MR) is 75.8 cm³/mol. The Bertz CT molecular complexity index is 293. The van der Waals surface area contributed by atoms with Crippen molar-refractivity contribution in [1.82, 2.24) is 0 Å². The molecule has 0 aliphatic rings. The first kappa shape index (κ1) is 19.4. The van der Waals surface area contributed by atoms with Crippen LogP contribution in [0.25, 0.3) is 0 Å². The number of hydrogen-bond acceptors (Lipinski definition) is 4. The number of furan rings is 1. The molecule has 0 radical (unpaired) electrons. The smallest absolute Gasteiger partial charge is 0.186 e. The molecule has 0 N–H and O–H groups in total. The molecular weight excluding hydrogens is 300 g/mol. The van der Waals surface area contributed by atoms with E-state index in [1.807, 2.05) is 20.8 Å². The van der Waals surface area contributed by atoms with Gasteiger partial charge >= 0.3 is 0 Å². The van der Waals surface area contributed by atoms with Crippen molar-refractivity contribution in [1.29, 1.82) is 0 Å². The molecule has 1 aromatic heterocycles. The van der Waals surface area contributed by atoms with Crippen molar-refractivity contribution in [2.75, 3.05) is 13.2 Å². The van der Waals surface area contributed by atoms with Crippen LogP contribution in [0.3, 0.4) is 0 Å². The average Bonchev–Trinajstić information content (AvgIpc) is 2.79. The minimum Gasteiger partial charge on any atom is -0.460 e. The third-order valence-electron chi connectivity index (χ3n) is 1.55. The number of carbonyl (C=O) groups excluding carboxylic acids is 1. The molecule has 0 atom stereocenters. The minimum atomic E-state index is -0.0370. The second kappa shape index (κ2) is 14.2. The van der Waals surface area contributed by atoms with Crippen LogP contribution in [0.4, 0.5) is 0 Å². The normalized spacial score (nSPS) is 8.94. The summed E-state index contributed by atoms with van der Waals surface area (Å²) >= 11 is 3.10. The standard InChI is InChI=1S/C6H14O2.C5H3BrO2.C2H4/c1-4-7-6(3)8-5-2;6-4-1-2-8-5(4)3-7;1-2/h6H,4-5H2,1-3H3;1-3H;1-2H2. The molecule has 0 spiro atoms. The van der Waals surface area contributed by atoms with Gasteiger partial charge in [-0.2, -0.15) is 0 Å². The van der Waals surface area contributed by atoms with Crippen LogP contribution in [0.1, 0.15) is 31.3 Å². The fraction of sp³-hybridized carbons (Fsp3) is 0.462. The third kappa shape index (κ3) is 10.3. The summed E-state index contributed by atoms with van der Waals surface area (Å²) < 4.78 is 15.5. The molecular formula is C13H21BrO4. The molecule has 1 heterocycles. The van der Waals surface area contributed by atoms with Gasteiger partial charge in [-0.3, -0.25) is 4.79 Å². The van der Waals surface area contributed by atoms with Gasteiger partial charge in [-0.25, -0.2) is 0 Å². The molecule has 0 aliphatic heterocycles. The number of rotatable bonds is 5. The molecule has 104 valence electrons. The van der Waals surface area contributed by atoms with E-state index < -0.39 is 0 Å². The Labute approximate surface area is 117 Å². The zero-order valence-electron chi connectivity index (χ0n) is 11.1. The van der Waals surface area contributed by atoms with Gasteiger partial charge in [0.1, 0.15) is 0 Å². The number of hydrogen-bond donors (Lipinski definition) is 0. The monoisotopic (exact) mass is 320 g/mol. The van der Waals surface area contributed by atoms with Crippen LogP contribution in [0.5, 0.6) is 0 Å². The highest BCUT2D eigenvalue weighted by Crippen LogP contribution is 2.14. The lowest BCUT2D eigenvalue weighted by Gasteiger charge is -2.09. The average molecular weight is 321 g/mol. The summed E-state index contributed by atoms with van der Waals surface area (Å²) in [5.74, 6) is 0.338. The van der Waals surface area contributed by atoms with Crippen molar-refractivity contribution in [3.63, 3.8) is 0 Å². The Hall–Kier alpha value is -0.910. The van der Waals surface area contributed by atoms with Gasteiger partial charge in [0, 0.05) is 13.2 Å².